The summed E-state index contributed by atoms with van der Waals surface area (Å²) in [7, 11) is 0. The molecular weight excluding hydrogens is 377 g/mol. The van der Waals surface area contributed by atoms with E-state index in [1.54, 1.807) is 0 Å². The molecule has 0 fully saturated rings. The number of carboxylic acids is 2. The molecule has 3 aromatic rings. The Morgan fingerprint density at radius 2 is 1.00 bits per heavy atom. The van der Waals surface area contributed by atoms with Gasteiger partial charge >= 0.3 is 23.1 Å². The zero-order valence-electron chi connectivity index (χ0n) is 14.3. The molecule has 0 spiro atoms. The summed E-state index contributed by atoms with van der Waals surface area (Å²) in [5.41, 5.74) is -0.339. The number of rotatable bonds is 4. The van der Waals surface area contributed by atoms with E-state index in [0.29, 0.717) is 0 Å². The summed E-state index contributed by atoms with van der Waals surface area (Å²) >= 11 is 1.28. The molecule has 0 radical (unpaired) electrons. The fourth-order valence-corrected chi connectivity index (χ4v) is 2.87. The fraction of sp³-hybridized carbons (Fsp3) is 0. The summed E-state index contributed by atoms with van der Waals surface area (Å²) in [6, 6.07) is 25.8. The molecule has 0 unspecified atom stereocenters. The number of aromatic carboxylic acids is 2. The van der Waals surface area contributed by atoms with Gasteiger partial charge in [0, 0.05) is 11.8 Å². The van der Waals surface area contributed by atoms with Gasteiger partial charge in [-0.2, -0.15) is 0 Å². The second-order valence-electron chi connectivity index (χ2n) is 4.94. The maximum absolute atomic E-state index is 10.3. The molecule has 0 heterocycles. The van der Waals surface area contributed by atoms with Gasteiger partial charge in [0.05, 0.1) is 11.9 Å². The molecule has 0 saturated carbocycles. The van der Waals surface area contributed by atoms with Crippen LogP contribution in [0.25, 0.3) is 0 Å². The third-order valence-corrected chi connectivity index (χ3v) is 4.22. The van der Waals surface area contributed by atoms with Crippen molar-refractivity contribution in [2.45, 2.75) is 9.79 Å². The minimum Gasteiger partial charge on any atom is -0.870 e. The van der Waals surface area contributed by atoms with E-state index in [1.807, 2.05) is 12.1 Å². The standard InChI is InChI=1S/C12H10S.C8H6O4.Mg.H2O/c1-3-7-11(8-4-1)13-12-9-5-2-6-10-12;9-7(10)5-2-1-3-6(4-5)8(11)12;;/h1-10H;1-4H,(H,9,10)(H,11,12);;1H2/q;;+2;/p-2. The maximum atomic E-state index is 10.3. The summed E-state index contributed by atoms with van der Waals surface area (Å²) < 4.78 is 0. The SMILES string of the molecule is O=C([O-])c1cccc(C(=O)[O-])c1.[Mg+2].[OH-].c1ccc([SH+]c2ccccc2)cc1. The van der Waals surface area contributed by atoms with Gasteiger partial charge < -0.3 is 25.3 Å². The molecule has 0 amide bonds. The van der Waals surface area contributed by atoms with E-state index in [-0.39, 0.29) is 39.7 Å². The summed E-state index contributed by atoms with van der Waals surface area (Å²) in [6.45, 7) is 0. The van der Waals surface area contributed by atoms with Crippen LogP contribution in [-0.4, -0.2) is 40.5 Å². The summed E-state index contributed by atoms with van der Waals surface area (Å²) in [5, 5.41) is 20.5. The summed E-state index contributed by atoms with van der Waals surface area (Å²) in [4.78, 5) is 23.2. The first kappa shape index (κ1) is 24.7. The first-order valence-electron chi connectivity index (χ1n) is 7.41. The van der Waals surface area contributed by atoms with Crippen molar-refractivity contribution in [3.05, 3.63) is 96.1 Å². The molecule has 0 aliphatic heterocycles. The minimum atomic E-state index is -1.40. The molecule has 0 saturated heterocycles. The van der Waals surface area contributed by atoms with E-state index < -0.39 is 11.9 Å². The molecule has 0 aliphatic carbocycles. The van der Waals surface area contributed by atoms with E-state index in [0.717, 1.165) is 6.07 Å². The first-order chi connectivity index (χ1) is 12.1. The van der Waals surface area contributed by atoms with Gasteiger partial charge in [-0.3, -0.25) is 0 Å². The molecule has 1 N–H and O–H groups in total. The third kappa shape index (κ3) is 8.74. The second-order valence-corrected chi connectivity index (χ2v) is 6.20. The van der Waals surface area contributed by atoms with E-state index in [1.165, 1.54) is 39.8 Å². The number of carbonyl (C=O) groups is 2. The predicted molar refractivity (Wildman–Crippen MR) is 101 cm³/mol. The van der Waals surface area contributed by atoms with Crippen LogP contribution in [-0.2, 0) is 11.8 Å². The molecule has 7 heteroatoms. The van der Waals surface area contributed by atoms with Crippen molar-refractivity contribution < 1.29 is 25.3 Å². The van der Waals surface area contributed by atoms with E-state index in [9.17, 15) is 19.8 Å². The average molecular weight is 393 g/mol. The topological polar surface area (TPSA) is 110 Å². The molecule has 0 atom stereocenters. The van der Waals surface area contributed by atoms with Gasteiger partial charge in [-0.1, -0.05) is 54.6 Å². The normalized spacial score (nSPS) is 8.89. The van der Waals surface area contributed by atoms with E-state index >= 15 is 0 Å². The van der Waals surface area contributed by atoms with Crippen molar-refractivity contribution in [1.29, 1.82) is 0 Å². The van der Waals surface area contributed by atoms with Gasteiger partial charge in [0.15, 0.2) is 9.79 Å². The van der Waals surface area contributed by atoms with Crippen molar-refractivity contribution in [2.24, 2.45) is 0 Å². The Hall–Kier alpha value is -2.32. The predicted octanol–water partition coefficient (Wildman–Crippen LogP) is 0.775. The van der Waals surface area contributed by atoms with Crippen LogP contribution in [0.3, 0.4) is 0 Å². The van der Waals surface area contributed by atoms with Gasteiger partial charge in [-0.25, -0.2) is 0 Å². The Labute approximate surface area is 177 Å². The van der Waals surface area contributed by atoms with Crippen LogP contribution in [0.5, 0.6) is 0 Å². The Kier molecular flexibility index (Phi) is 11.8. The van der Waals surface area contributed by atoms with Crippen LogP contribution in [0.4, 0.5) is 0 Å². The van der Waals surface area contributed by atoms with Gasteiger partial charge in [0.25, 0.3) is 0 Å². The number of benzene rings is 3. The third-order valence-electron chi connectivity index (χ3n) is 3.10. The number of carboxylic acid groups (broad SMARTS) is 2. The number of thiol groups is 1. The van der Waals surface area contributed by atoms with Gasteiger partial charge in [0.2, 0.25) is 0 Å². The average Bonchev–Trinajstić information content (AvgIpc) is 2.64. The van der Waals surface area contributed by atoms with E-state index in [2.05, 4.69) is 48.5 Å². The molecule has 5 nitrogen and oxygen atoms in total. The molecular formula is C20H16MgO5S. The molecule has 3 rings (SSSR count). The maximum Gasteiger partial charge on any atom is 2.00 e. The molecule has 0 bridgehead atoms. The number of carbonyl (C=O) groups excluding carboxylic acids is 2. The van der Waals surface area contributed by atoms with Gasteiger partial charge in [-0.05, 0) is 41.5 Å². The summed E-state index contributed by atoms with van der Waals surface area (Å²) in [6.07, 6.45) is 0. The molecule has 3 aromatic carbocycles. The van der Waals surface area contributed by atoms with Crippen molar-refractivity contribution >= 4 is 46.8 Å². The number of hydrogen-bond donors (Lipinski definition) is 0. The van der Waals surface area contributed by atoms with Crippen molar-refractivity contribution in [2.75, 3.05) is 0 Å². The second kappa shape index (κ2) is 12.9. The largest absolute Gasteiger partial charge is 2.00 e. The van der Waals surface area contributed by atoms with Crippen LogP contribution in [0, 0.1) is 0 Å². The number of hydrogen-bond acceptors (Lipinski definition) is 5. The molecule has 27 heavy (non-hydrogen) atoms. The van der Waals surface area contributed by atoms with Crippen LogP contribution in [0.15, 0.2) is 94.7 Å². The fourth-order valence-electron chi connectivity index (χ4n) is 1.93. The van der Waals surface area contributed by atoms with E-state index in [4.69, 9.17) is 0 Å². The van der Waals surface area contributed by atoms with Crippen LogP contribution >= 0.6 is 0 Å². The smallest absolute Gasteiger partial charge is 0.870 e. The van der Waals surface area contributed by atoms with Crippen LogP contribution in [0.2, 0.25) is 0 Å². The van der Waals surface area contributed by atoms with Crippen molar-refractivity contribution in [3.8, 4) is 0 Å². The molecule has 0 aromatic heterocycles. The molecule has 0 aliphatic rings. The van der Waals surface area contributed by atoms with Gasteiger partial charge in [-0.15, -0.1) is 0 Å². The Morgan fingerprint density at radius 3 is 1.33 bits per heavy atom. The minimum absolute atomic E-state index is 0. The zero-order chi connectivity index (χ0) is 18.1. The molecule has 134 valence electrons. The quantitative estimate of drug-likeness (QED) is 0.370. The Balaban J connectivity index is 0.000000468. The van der Waals surface area contributed by atoms with Crippen LogP contribution < -0.4 is 10.2 Å². The zero-order valence-corrected chi connectivity index (χ0v) is 16.6. The first-order valence-corrected chi connectivity index (χ1v) is 8.30. The summed E-state index contributed by atoms with van der Waals surface area (Å²) in [5.74, 6) is -2.81. The van der Waals surface area contributed by atoms with Crippen molar-refractivity contribution in [1.82, 2.24) is 0 Å². The van der Waals surface area contributed by atoms with Crippen molar-refractivity contribution in [3.63, 3.8) is 0 Å². The monoisotopic (exact) mass is 392 g/mol. The Morgan fingerprint density at radius 1 is 0.630 bits per heavy atom. The van der Waals surface area contributed by atoms with Gasteiger partial charge in [0.1, 0.15) is 0 Å². The van der Waals surface area contributed by atoms with Crippen LogP contribution in [0.1, 0.15) is 20.7 Å². The Bertz CT molecular complexity index is 775.